The Morgan fingerprint density at radius 1 is 0.569 bits per heavy atom. The van der Waals surface area contributed by atoms with Crippen molar-refractivity contribution in [2.75, 3.05) is 33.0 Å². The van der Waals surface area contributed by atoms with Crippen molar-refractivity contribution in [2.24, 2.45) is 5.73 Å². The number of ether oxygens (including phenoxy) is 2. The lowest BCUT2D eigenvalue weighted by molar-refractivity contribution is -0.341. The van der Waals surface area contributed by atoms with E-state index in [9.17, 15) is 24.3 Å². The maximum Gasteiger partial charge on any atom is 0.305 e. The van der Waals surface area contributed by atoms with Crippen LogP contribution in [-0.2, 0) is 23.4 Å². The maximum atomic E-state index is 12.1. The fourth-order valence-electron chi connectivity index (χ4n) is 6.12. The Morgan fingerprint density at radius 3 is 1.20 bits per heavy atom. The summed E-state index contributed by atoms with van der Waals surface area (Å²) in [6, 6.07) is 0. The number of phosphoric ester groups is 1. The van der Waals surface area contributed by atoms with Gasteiger partial charge in [-0.05, 0) is 12.8 Å². The van der Waals surface area contributed by atoms with Crippen LogP contribution in [0.2, 0.25) is 0 Å². The number of rotatable bonds is 40. The lowest BCUT2D eigenvalue weighted by atomic mass is 10.0. The zero-order chi connectivity index (χ0) is 37.9. The zero-order valence-electron chi connectivity index (χ0n) is 33.6. The van der Waals surface area contributed by atoms with Crippen LogP contribution in [0.3, 0.4) is 0 Å². The molecule has 0 radical (unpaired) electrons. The molecule has 0 spiro atoms. The number of carbonyl (C=O) groups excluding carboxylic acids is 1. The Hall–Kier alpha value is -0.540. The largest absolute Gasteiger partial charge is 0.790 e. The van der Waals surface area contributed by atoms with E-state index in [1.807, 2.05) is 0 Å². The summed E-state index contributed by atoms with van der Waals surface area (Å²) >= 11 is 0. The number of aliphatic hydroxyl groups excluding tert-OH is 1. The molecule has 0 aromatic rings. The third-order valence-corrected chi connectivity index (χ3v) is 9.84. The van der Waals surface area contributed by atoms with Gasteiger partial charge in [-0.15, -0.1) is 0 Å². The summed E-state index contributed by atoms with van der Waals surface area (Å²) in [4.78, 5) is 31.2. The van der Waals surface area contributed by atoms with E-state index in [4.69, 9.17) is 15.2 Å². The molecule has 9 nitrogen and oxygen atoms in total. The molecular weight excluding hydrogens is 665 g/mol. The van der Waals surface area contributed by atoms with Gasteiger partial charge in [-0.2, -0.15) is 0 Å². The summed E-state index contributed by atoms with van der Waals surface area (Å²) < 4.78 is 24.4. The molecule has 0 fully saturated rings. The molecule has 0 saturated carbocycles. The smallest absolute Gasteiger partial charge is 0.305 e. The molecule has 0 aliphatic carbocycles. The van der Waals surface area contributed by atoms with Gasteiger partial charge in [-0.3, -0.25) is 4.79 Å². The van der Waals surface area contributed by atoms with Crippen molar-refractivity contribution in [2.45, 2.75) is 225 Å². The number of esters is 1. The van der Waals surface area contributed by atoms with E-state index in [1.54, 1.807) is 0 Å². The second-order valence-corrected chi connectivity index (χ2v) is 15.6. The summed E-state index contributed by atoms with van der Waals surface area (Å²) in [6.07, 6.45) is 41.6. The molecule has 0 aromatic carbocycles. The number of aliphatic hydroxyl groups is 1. The normalized spacial score (nSPS) is 12.1. The van der Waals surface area contributed by atoms with E-state index in [-0.39, 0.29) is 38.4 Å². The van der Waals surface area contributed by atoms with E-state index < -0.39 is 7.82 Å². The van der Waals surface area contributed by atoms with Crippen LogP contribution in [0.15, 0.2) is 0 Å². The zero-order valence-corrected chi connectivity index (χ0v) is 34.5. The van der Waals surface area contributed by atoms with Gasteiger partial charge in [-0.25, -0.2) is 0 Å². The highest BCUT2D eigenvalue weighted by atomic mass is 31.2. The molecule has 3 N–H and O–H groups in total. The third kappa shape index (κ3) is 49.5. The third-order valence-electron chi connectivity index (χ3n) is 9.34. The molecule has 51 heavy (non-hydrogen) atoms. The van der Waals surface area contributed by atoms with E-state index >= 15 is 0 Å². The molecule has 1 atom stereocenters. The van der Waals surface area contributed by atoms with Gasteiger partial charge in [0.15, 0.2) is 0 Å². The first-order valence-electron chi connectivity index (χ1n) is 21.5. The average molecular weight is 750 g/mol. The van der Waals surface area contributed by atoms with Crippen LogP contribution in [0, 0.1) is 0 Å². The van der Waals surface area contributed by atoms with Crippen molar-refractivity contribution in [3.63, 3.8) is 0 Å². The van der Waals surface area contributed by atoms with Gasteiger partial charge in [0.1, 0.15) is 12.7 Å². The first kappa shape index (κ1) is 52.6. The Bertz CT molecular complexity index is 724. The SMILES string of the molecule is CCCCCCCCCCCCCCCCCCOC(CO)COC(=O)CCCCCCCCCCCCCCCCC.NCCOP(=O)([O-])[O-]. The highest BCUT2D eigenvalue weighted by Gasteiger charge is 2.11. The lowest BCUT2D eigenvalue weighted by Gasteiger charge is -2.27. The fraction of sp³-hybridized carbons (Fsp3) is 0.976. The highest BCUT2D eigenvalue weighted by molar-refractivity contribution is 7.43. The predicted octanol–water partition coefficient (Wildman–Crippen LogP) is 10.2. The molecule has 0 heterocycles. The minimum Gasteiger partial charge on any atom is -0.790 e. The summed E-state index contributed by atoms with van der Waals surface area (Å²) in [5.74, 6) is -0.154. The van der Waals surface area contributed by atoms with Gasteiger partial charge in [0.25, 0.3) is 0 Å². The molecule has 0 rings (SSSR count). The van der Waals surface area contributed by atoms with Gasteiger partial charge >= 0.3 is 5.97 Å². The lowest BCUT2D eigenvalue weighted by Crippen LogP contribution is -2.26. The molecule has 0 bridgehead atoms. The number of nitrogens with two attached hydrogens (primary N) is 1. The number of hydrogen-bond donors (Lipinski definition) is 2. The Morgan fingerprint density at radius 2 is 0.902 bits per heavy atom. The van der Waals surface area contributed by atoms with E-state index in [1.165, 1.54) is 180 Å². The first-order valence-corrected chi connectivity index (χ1v) is 23.0. The molecule has 308 valence electrons. The Balaban J connectivity index is 0. The van der Waals surface area contributed by atoms with Crippen molar-refractivity contribution in [3.8, 4) is 0 Å². The van der Waals surface area contributed by atoms with Crippen molar-refractivity contribution in [1.82, 2.24) is 0 Å². The van der Waals surface area contributed by atoms with Crippen LogP contribution < -0.4 is 15.5 Å². The maximum absolute atomic E-state index is 12.1. The van der Waals surface area contributed by atoms with Crippen molar-refractivity contribution in [1.29, 1.82) is 0 Å². The van der Waals surface area contributed by atoms with E-state index in [0.717, 1.165) is 19.3 Å². The summed E-state index contributed by atoms with van der Waals surface area (Å²) in [6.45, 7) is 5.09. The summed E-state index contributed by atoms with van der Waals surface area (Å²) in [5.41, 5.74) is 4.81. The standard InChI is InChI=1S/C39H78O4.C2H8NO4P/c1-3-5-7-9-11-13-15-17-19-21-23-25-27-29-31-33-35-42-38(36-40)37-43-39(41)34-32-30-28-26-24-22-20-18-16-14-12-10-8-6-4-2;3-1-2-7-8(4,5)6/h38,40H,3-37H2,1-2H3;1-3H2,(H2,4,5,6)/p-2. The average Bonchev–Trinajstić information content (AvgIpc) is 3.11. The quantitative estimate of drug-likeness (QED) is 0.0354. The van der Waals surface area contributed by atoms with Gasteiger partial charge in [0.2, 0.25) is 0 Å². The van der Waals surface area contributed by atoms with Crippen LogP contribution in [0.25, 0.3) is 0 Å². The molecule has 1 unspecified atom stereocenters. The van der Waals surface area contributed by atoms with Crippen LogP contribution in [0.4, 0.5) is 0 Å². The molecule has 0 amide bonds. The number of unbranched alkanes of at least 4 members (excludes halogenated alkanes) is 29. The van der Waals surface area contributed by atoms with Crippen molar-refractivity contribution < 1.29 is 38.3 Å². The monoisotopic (exact) mass is 750 g/mol. The van der Waals surface area contributed by atoms with E-state index in [0.29, 0.717) is 13.0 Å². The topological polar surface area (TPSA) is 154 Å². The summed E-state index contributed by atoms with van der Waals surface area (Å²) in [7, 11) is -4.76. The molecule has 0 aliphatic rings. The summed E-state index contributed by atoms with van der Waals surface area (Å²) in [5, 5.41) is 9.57. The highest BCUT2D eigenvalue weighted by Crippen LogP contribution is 2.23. The van der Waals surface area contributed by atoms with E-state index in [2.05, 4.69) is 18.4 Å². The second kappa shape index (κ2) is 43.9. The van der Waals surface area contributed by atoms with Crippen molar-refractivity contribution >= 4 is 13.8 Å². The Kier molecular flexibility index (Phi) is 45.2. The van der Waals surface area contributed by atoms with Crippen LogP contribution in [0.5, 0.6) is 0 Å². The first-order chi connectivity index (χ1) is 24.8. The van der Waals surface area contributed by atoms with Gasteiger partial charge in [0, 0.05) is 19.6 Å². The van der Waals surface area contributed by atoms with Gasteiger partial charge in [0.05, 0.1) is 21.0 Å². The minimum atomic E-state index is -4.76. The second-order valence-electron chi connectivity index (χ2n) is 14.4. The predicted molar refractivity (Wildman–Crippen MR) is 209 cm³/mol. The molecule has 0 saturated heterocycles. The number of phosphoric acid groups is 1. The minimum absolute atomic E-state index is 0.0362. The number of hydrogen-bond acceptors (Lipinski definition) is 9. The fourth-order valence-corrected chi connectivity index (χ4v) is 6.45. The molecule has 0 aliphatic heterocycles. The van der Waals surface area contributed by atoms with Crippen LogP contribution >= 0.6 is 7.82 Å². The number of carbonyl (C=O) groups is 1. The Labute approximate surface area is 315 Å². The molecule has 0 aromatic heterocycles. The molecule has 10 heteroatoms. The van der Waals surface area contributed by atoms with Crippen LogP contribution in [-0.4, -0.2) is 50.2 Å². The van der Waals surface area contributed by atoms with Crippen molar-refractivity contribution in [3.05, 3.63) is 0 Å². The molecular formula is C41H84NO8P-2. The van der Waals surface area contributed by atoms with Gasteiger partial charge < -0.3 is 39.2 Å². The van der Waals surface area contributed by atoms with Gasteiger partial charge in [-0.1, -0.05) is 200 Å². The van der Waals surface area contributed by atoms with Crippen LogP contribution in [0.1, 0.15) is 219 Å².